The lowest BCUT2D eigenvalue weighted by molar-refractivity contribution is 0.383. The summed E-state index contributed by atoms with van der Waals surface area (Å²) in [6.45, 7) is 1.99. The van der Waals surface area contributed by atoms with Crippen LogP contribution in [0.3, 0.4) is 0 Å². The average Bonchev–Trinajstić information content (AvgIpc) is 3.24. The molecule has 0 saturated carbocycles. The zero-order valence-electron chi connectivity index (χ0n) is 14.0. The van der Waals surface area contributed by atoms with Crippen molar-refractivity contribution in [2.24, 2.45) is 0 Å². The Bertz CT molecular complexity index is 968. The fourth-order valence-corrected chi connectivity index (χ4v) is 4.39. The molecule has 3 aromatic rings. The highest BCUT2D eigenvalue weighted by Gasteiger charge is 2.28. The van der Waals surface area contributed by atoms with Crippen LogP contribution in [0.4, 0.5) is 5.82 Å². The number of sulfonamides is 1. The van der Waals surface area contributed by atoms with Crippen LogP contribution in [0.1, 0.15) is 0 Å². The molecule has 3 heterocycles. The van der Waals surface area contributed by atoms with Gasteiger partial charge in [-0.05, 0) is 12.1 Å². The molecule has 0 aliphatic carbocycles. The standard InChI is InChI=1S/C17H18N6O2S/c24-26(25,15-4-2-1-3-5-15)23-10-8-21(9-11-23)16-12-17(20-13-19-16)22-7-6-18-14-22/h1-7,12-14H,8-11H2. The lowest BCUT2D eigenvalue weighted by atomic mass is 10.3. The van der Waals surface area contributed by atoms with E-state index in [0.717, 1.165) is 11.6 Å². The molecule has 9 heteroatoms. The van der Waals surface area contributed by atoms with Crippen LogP contribution in [-0.4, -0.2) is 58.4 Å². The molecule has 0 N–H and O–H groups in total. The highest BCUT2D eigenvalue weighted by atomic mass is 32.2. The van der Waals surface area contributed by atoms with Crippen LogP contribution in [0.25, 0.3) is 5.82 Å². The first-order valence-electron chi connectivity index (χ1n) is 8.25. The molecule has 4 rings (SSSR count). The second-order valence-corrected chi connectivity index (χ2v) is 7.85. The maximum absolute atomic E-state index is 12.7. The quantitative estimate of drug-likeness (QED) is 0.686. The molecule has 2 aromatic heterocycles. The zero-order chi connectivity index (χ0) is 18.0. The molecular formula is C17H18N6O2S. The van der Waals surface area contributed by atoms with Crippen molar-refractivity contribution < 1.29 is 8.42 Å². The van der Waals surface area contributed by atoms with Crippen molar-refractivity contribution in [3.8, 4) is 5.82 Å². The van der Waals surface area contributed by atoms with Gasteiger partial charge < -0.3 is 4.90 Å². The van der Waals surface area contributed by atoms with Crippen molar-refractivity contribution in [3.05, 3.63) is 61.4 Å². The maximum atomic E-state index is 12.7. The largest absolute Gasteiger partial charge is 0.354 e. The molecule has 26 heavy (non-hydrogen) atoms. The van der Waals surface area contributed by atoms with Crippen LogP contribution < -0.4 is 4.90 Å². The minimum atomic E-state index is -3.45. The van der Waals surface area contributed by atoms with Gasteiger partial charge in [0, 0.05) is 44.6 Å². The SMILES string of the molecule is O=S(=O)(c1ccccc1)N1CCN(c2cc(-n3ccnc3)ncn2)CC1. The number of rotatable bonds is 4. The lowest BCUT2D eigenvalue weighted by Crippen LogP contribution is -2.48. The number of imidazole rings is 1. The van der Waals surface area contributed by atoms with Gasteiger partial charge in [0.25, 0.3) is 0 Å². The Balaban J connectivity index is 1.48. The van der Waals surface area contributed by atoms with E-state index in [2.05, 4.69) is 19.9 Å². The lowest BCUT2D eigenvalue weighted by Gasteiger charge is -2.34. The molecule has 1 saturated heterocycles. The third-order valence-corrected chi connectivity index (χ3v) is 6.26. The summed E-state index contributed by atoms with van der Waals surface area (Å²) in [5, 5.41) is 0. The third-order valence-electron chi connectivity index (χ3n) is 4.35. The number of hydrogen-bond donors (Lipinski definition) is 0. The molecule has 0 radical (unpaired) electrons. The Morgan fingerprint density at radius 2 is 1.65 bits per heavy atom. The van der Waals surface area contributed by atoms with E-state index in [0.29, 0.717) is 31.1 Å². The Labute approximate surface area is 151 Å². The topological polar surface area (TPSA) is 84.2 Å². The van der Waals surface area contributed by atoms with Crippen molar-refractivity contribution in [2.75, 3.05) is 31.1 Å². The maximum Gasteiger partial charge on any atom is 0.243 e. The number of nitrogens with zero attached hydrogens (tertiary/aromatic N) is 6. The summed E-state index contributed by atoms with van der Waals surface area (Å²) < 4.78 is 28.8. The summed E-state index contributed by atoms with van der Waals surface area (Å²) in [6.07, 6.45) is 6.69. The van der Waals surface area contributed by atoms with Gasteiger partial charge in [0.2, 0.25) is 10.0 Å². The van der Waals surface area contributed by atoms with Crippen molar-refractivity contribution in [1.29, 1.82) is 0 Å². The molecule has 0 spiro atoms. The van der Waals surface area contributed by atoms with Gasteiger partial charge in [0.15, 0.2) is 0 Å². The van der Waals surface area contributed by atoms with Gasteiger partial charge in [-0.25, -0.2) is 23.4 Å². The first-order chi connectivity index (χ1) is 12.6. The normalized spacial score (nSPS) is 15.9. The minimum absolute atomic E-state index is 0.331. The average molecular weight is 370 g/mol. The highest BCUT2D eigenvalue weighted by molar-refractivity contribution is 7.89. The number of anilines is 1. The summed E-state index contributed by atoms with van der Waals surface area (Å²) in [5.74, 6) is 1.51. The number of benzene rings is 1. The van der Waals surface area contributed by atoms with E-state index in [1.54, 1.807) is 41.4 Å². The molecule has 1 aliphatic rings. The molecule has 0 amide bonds. The summed E-state index contributed by atoms with van der Waals surface area (Å²) >= 11 is 0. The number of aromatic nitrogens is 4. The number of hydrogen-bond acceptors (Lipinski definition) is 6. The van der Waals surface area contributed by atoms with Crippen LogP contribution >= 0.6 is 0 Å². The fourth-order valence-electron chi connectivity index (χ4n) is 2.95. The van der Waals surface area contributed by atoms with Crippen LogP contribution in [0.5, 0.6) is 0 Å². The minimum Gasteiger partial charge on any atom is -0.354 e. The Kier molecular flexibility index (Phi) is 4.39. The van der Waals surface area contributed by atoms with Crippen LogP contribution in [0.15, 0.2) is 66.3 Å². The third kappa shape index (κ3) is 3.18. The molecule has 134 valence electrons. The number of piperazine rings is 1. The first-order valence-corrected chi connectivity index (χ1v) is 9.69. The predicted molar refractivity (Wildman–Crippen MR) is 96.6 cm³/mol. The van der Waals surface area contributed by atoms with E-state index in [9.17, 15) is 8.42 Å². The molecular weight excluding hydrogens is 352 g/mol. The van der Waals surface area contributed by atoms with E-state index < -0.39 is 10.0 Å². The van der Waals surface area contributed by atoms with E-state index in [-0.39, 0.29) is 0 Å². The van der Waals surface area contributed by atoms with Crippen LogP contribution in [0.2, 0.25) is 0 Å². The van der Waals surface area contributed by atoms with Crippen molar-refractivity contribution in [1.82, 2.24) is 23.8 Å². The fraction of sp³-hybridized carbons (Fsp3) is 0.235. The van der Waals surface area contributed by atoms with Gasteiger partial charge in [-0.1, -0.05) is 18.2 Å². The smallest absolute Gasteiger partial charge is 0.243 e. The zero-order valence-corrected chi connectivity index (χ0v) is 14.8. The predicted octanol–water partition coefficient (Wildman–Crippen LogP) is 1.17. The van der Waals surface area contributed by atoms with E-state index >= 15 is 0 Å². The highest BCUT2D eigenvalue weighted by Crippen LogP contribution is 2.20. The van der Waals surface area contributed by atoms with Crippen LogP contribution in [0, 0.1) is 0 Å². The molecule has 1 fully saturated rings. The Morgan fingerprint density at radius 1 is 0.923 bits per heavy atom. The molecule has 0 unspecified atom stereocenters. The van der Waals surface area contributed by atoms with Gasteiger partial charge in [-0.2, -0.15) is 4.31 Å². The second-order valence-electron chi connectivity index (χ2n) is 5.91. The van der Waals surface area contributed by atoms with Crippen molar-refractivity contribution in [3.63, 3.8) is 0 Å². The molecule has 0 bridgehead atoms. The van der Waals surface area contributed by atoms with Gasteiger partial charge in [0.05, 0.1) is 4.90 Å². The monoisotopic (exact) mass is 370 g/mol. The Hall–Kier alpha value is -2.78. The van der Waals surface area contributed by atoms with Crippen molar-refractivity contribution >= 4 is 15.8 Å². The summed E-state index contributed by atoms with van der Waals surface area (Å²) in [4.78, 5) is 15.0. The van der Waals surface area contributed by atoms with E-state index in [4.69, 9.17) is 0 Å². The van der Waals surface area contributed by atoms with E-state index in [1.807, 2.05) is 18.3 Å². The Morgan fingerprint density at radius 3 is 2.35 bits per heavy atom. The summed E-state index contributed by atoms with van der Waals surface area (Å²) in [5.41, 5.74) is 0. The van der Waals surface area contributed by atoms with E-state index in [1.165, 1.54) is 10.6 Å². The van der Waals surface area contributed by atoms with Gasteiger partial charge in [-0.15, -0.1) is 0 Å². The molecule has 1 aliphatic heterocycles. The second kappa shape index (κ2) is 6.85. The van der Waals surface area contributed by atoms with Gasteiger partial charge in [-0.3, -0.25) is 4.57 Å². The van der Waals surface area contributed by atoms with Gasteiger partial charge in [0.1, 0.15) is 24.3 Å². The molecule has 8 nitrogen and oxygen atoms in total. The first kappa shape index (κ1) is 16.7. The van der Waals surface area contributed by atoms with Crippen molar-refractivity contribution in [2.45, 2.75) is 4.90 Å². The molecule has 1 aromatic carbocycles. The van der Waals surface area contributed by atoms with Crippen LogP contribution in [-0.2, 0) is 10.0 Å². The molecule has 0 atom stereocenters. The summed E-state index contributed by atoms with van der Waals surface area (Å²) in [7, 11) is -3.45. The van der Waals surface area contributed by atoms with Gasteiger partial charge >= 0.3 is 0 Å². The summed E-state index contributed by atoms with van der Waals surface area (Å²) in [6, 6.07) is 10.4.